The fourth-order valence-corrected chi connectivity index (χ4v) is 5.62. The van der Waals surface area contributed by atoms with Gasteiger partial charge in [-0.25, -0.2) is 5.26 Å². The van der Waals surface area contributed by atoms with E-state index < -0.39 is 63.3 Å². The van der Waals surface area contributed by atoms with Crippen molar-refractivity contribution in [2.45, 2.75) is 22.9 Å². The standard InChI is InChI=1S/C26H25F3N2O14S4/c1-18(19-5-9-22(10-6-19)41-14-16-47(33,34)35)30-42-48(36,37)23-3-2-4-24(17-23)49(38,39)43-31-25(26(27,28)29)20-7-11-21(12-8-20)40-13-15-46-45-44-32/h2-12,17,32H,13-16H2,1H3,(H,33,34,35). The quantitative estimate of drug-likeness (QED) is 0.0462. The van der Waals surface area contributed by atoms with Gasteiger partial charge >= 0.3 is 26.4 Å². The normalized spacial score (nSPS) is 13.2. The van der Waals surface area contributed by atoms with Gasteiger partial charge in [-0.2, -0.15) is 38.4 Å². The second kappa shape index (κ2) is 17.1. The summed E-state index contributed by atoms with van der Waals surface area (Å²) in [6.07, 6.45) is -5.18. The first-order chi connectivity index (χ1) is 22.9. The molecule has 268 valence electrons. The van der Waals surface area contributed by atoms with Crippen LogP contribution < -0.4 is 9.47 Å². The molecule has 49 heavy (non-hydrogen) atoms. The first kappa shape index (κ1) is 39.5. The fraction of sp³-hybridized carbons (Fsp3) is 0.231. The van der Waals surface area contributed by atoms with E-state index in [4.69, 9.17) is 19.3 Å². The molecule has 3 rings (SSSR count). The van der Waals surface area contributed by atoms with Crippen LogP contribution in [0, 0.1) is 0 Å². The third-order valence-electron chi connectivity index (χ3n) is 5.67. The molecule has 0 saturated carbocycles. The maximum Gasteiger partial charge on any atom is 0.437 e. The molecule has 0 heterocycles. The minimum Gasteiger partial charge on any atom is -0.493 e. The number of ether oxygens (including phenoxy) is 2. The van der Waals surface area contributed by atoms with E-state index >= 15 is 0 Å². The predicted octanol–water partition coefficient (Wildman–Crippen LogP) is 4.20. The Bertz CT molecular complexity index is 1950. The van der Waals surface area contributed by atoms with Gasteiger partial charge in [0.1, 0.15) is 33.6 Å². The van der Waals surface area contributed by atoms with Crippen molar-refractivity contribution in [2.75, 3.05) is 24.7 Å². The Balaban J connectivity index is 1.72. The highest BCUT2D eigenvalue weighted by molar-refractivity contribution is 7.94. The van der Waals surface area contributed by atoms with Gasteiger partial charge < -0.3 is 9.47 Å². The molecular formula is C26H25F3N2O14S4. The van der Waals surface area contributed by atoms with Gasteiger partial charge in [0.15, 0.2) is 5.71 Å². The summed E-state index contributed by atoms with van der Waals surface area (Å²) in [5, 5.41) is 17.8. The minimum atomic E-state index is -5.18. The Morgan fingerprint density at radius 1 is 0.776 bits per heavy atom. The summed E-state index contributed by atoms with van der Waals surface area (Å²) >= 11 is 0.693. The number of nitrogens with zero attached hydrogens (tertiary/aromatic N) is 2. The number of rotatable bonds is 18. The molecule has 0 radical (unpaired) electrons. The first-order valence-electron chi connectivity index (χ1n) is 13.1. The van der Waals surface area contributed by atoms with Gasteiger partial charge in [0, 0.05) is 17.6 Å². The van der Waals surface area contributed by atoms with Crippen molar-refractivity contribution in [2.24, 2.45) is 10.3 Å². The zero-order valence-electron chi connectivity index (χ0n) is 24.7. The molecule has 23 heteroatoms. The van der Waals surface area contributed by atoms with Gasteiger partial charge in [-0.1, -0.05) is 21.4 Å². The van der Waals surface area contributed by atoms with Crippen LogP contribution in [0.25, 0.3) is 0 Å². The lowest BCUT2D eigenvalue weighted by Crippen LogP contribution is -2.25. The Hall–Kier alpha value is -3.97. The van der Waals surface area contributed by atoms with Crippen molar-refractivity contribution < 1.29 is 75.6 Å². The van der Waals surface area contributed by atoms with Crippen LogP contribution >= 0.6 is 12.0 Å². The van der Waals surface area contributed by atoms with Crippen molar-refractivity contribution in [1.82, 2.24) is 0 Å². The first-order valence-corrected chi connectivity index (χ1v) is 18.4. The van der Waals surface area contributed by atoms with Crippen molar-refractivity contribution in [3.05, 3.63) is 83.9 Å². The third-order valence-corrected chi connectivity index (χ3v) is 9.05. The van der Waals surface area contributed by atoms with Crippen molar-refractivity contribution in [3.63, 3.8) is 0 Å². The summed E-state index contributed by atoms with van der Waals surface area (Å²) in [4.78, 5) is -1.61. The van der Waals surface area contributed by atoms with Gasteiger partial charge in [-0.3, -0.25) is 13.1 Å². The number of oxime groups is 2. The highest BCUT2D eigenvalue weighted by atomic mass is 32.2. The molecule has 2 N–H and O–H groups in total. The predicted molar refractivity (Wildman–Crippen MR) is 165 cm³/mol. The zero-order chi connectivity index (χ0) is 36.3. The second-order valence-corrected chi connectivity index (χ2v) is 14.6. The van der Waals surface area contributed by atoms with Gasteiger partial charge in [0.2, 0.25) is 0 Å². The van der Waals surface area contributed by atoms with Crippen LogP contribution in [-0.2, 0) is 48.3 Å². The van der Waals surface area contributed by atoms with E-state index in [-0.39, 0.29) is 36.2 Å². The van der Waals surface area contributed by atoms with Crippen molar-refractivity contribution in [3.8, 4) is 11.5 Å². The molecule has 0 atom stereocenters. The third kappa shape index (κ3) is 12.8. The highest BCUT2D eigenvalue weighted by Crippen LogP contribution is 2.26. The van der Waals surface area contributed by atoms with Gasteiger partial charge in [-0.05, 0) is 79.2 Å². The second-order valence-electron chi connectivity index (χ2n) is 9.14. The number of benzene rings is 3. The van der Waals surface area contributed by atoms with Crippen LogP contribution in [0.2, 0.25) is 0 Å². The zero-order valence-corrected chi connectivity index (χ0v) is 28.0. The molecule has 0 spiro atoms. The monoisotopic (exact) mass is 774 g/mol. The van der Waals surface area contributed by atoms with Gasteiger partial charge in [0.25, 0.3) is 10.1 Å². The van der Waals surface area contributed by atoms with Crippen LogP contribution in [0.4, 0.5) is 13.2 Å². The molecule has 0 bridgehead atoms. The molecule has 0 amide bonds. The van der Waals surface area contributed by atoms with E-state index in [0.29, 0.717) is 23.7 Å². The maximum absolute atomic E-state index is 13.8. The van der Waals surface area contributed by atoms with Crippen LogP contribution in [0.1, 0.15) is 18.1 Å². The topological polar surface area (TPSA) is 223 Å². The molecule has 0 aliphatic heterocycles. The Kier molecular flexibility index (Phi) is 13.8. The number of hydrogen-bond donors (Lipinski definition) is 2. The van der Waals surface area contributed by atoms with Crippen molar-refractivity contribution in [1.29, 1.82) is 0 Å². The molecule has 0 saturated heterocycles. The van der Waals surface area contributed by atoms with Crippen LogP contribution in [-0.4, -0.2) is 77.4 Å². The summed E-state index contributed by atoms with van der Waals surface area (Å²) in [5.74, 6) is -0.0755. The summed E-state index contributed by atoms with van der Waals surface area (Å²) < 4.78 is 146. The average Bonchev–Trinajstić information content (AvgIpc) is 3.03. The molecule has 0 aromatic heterocycles. The Labute approximate surface area is 282 Å². The largest absolute Gasteiger partial charge is 0.493 e. The summed E-state index contributed by atoms with van der Waals surface area (Å²) in [6, 6.07) is 13.2. The molecule has 3 aromatic carbocycles. The lowest BCUT2D eigenvalue weighted by molar-refractivity contribution is -0.432. The van der Waals surface area contributed by atoms with Crippen LogP contribution in [0.5, 0.6) is 11.5 Å². The smallest absolute Gasteiger partial charge is 0.437 e. The van der Waals surface area contributed by atoms with E-state index in [1.807, 2.05) is 0 Å². The molecule has 3 aromatic rings. The van der Waals surface area contributed by atoms with E-state index in [0.717, 1.165) is 42.5 Å². The molecule has 0 unspecified atom stereocenters. The number of alkyl halides is 3. The lowest BCUT2D eigenvalue weighted by Gasteiger charge is -2.12. The van der Waals surface area contributed by atoms with Crippen molar-refractivity contribution >= 4 is 53.8 Å². The fourth-order valence-electron chi connectivity index (χ4n) is 3.40. The van der Waals surface area contributed by atoms with E-state index in [2.05, 4.69) is 28.3 Å². The summed E-state index contributed by atoms with van der Waals surface area (Å²) in [6.45, 7) is 1.07. The summed E-state index contributed by atoms with van der Waals surface area (Å²) in [5.41, 5.74) is -1.92. The summed E-state index contributed by atoms with van der Waals surface area (Å²) in [7, 11) is -14.1. The van der Waals surface area contributed by atoms with E-state index in [1.54, 1.807) is 0 Å². The average molecular weight is 775 g/mol. The van der Waals surface area contributed by atoms with Gasteiger partial charge in [-0.15, -0.1) is 4.33 Å². The molecule has 16 nitrogen and oxygen atoms in total. The Morgan fingerprint density at radius 3 is 1.80 bits per heavy atom. The molecule has 0 fully saturated rings. The molecule has 0 aliphatic carbocycles. The van der Waals surface area contributed by atoms with Crippen LogP contribution in [0.3, 0.4) is 0 Å². The molecule has 0 aliphatic rings. The van der Waals surface area contributed by atoms with E-state index in [9.17, 15) is 38.4 Å². The number of hydrogen-bond acceptors (Lipinski definition) is 16. The highest BCUT2D eigenvalue weighted by Gasteiger charge is 2.38. The van der Waals surface area contributed by atoms with Gasteiger partial charge in [0.05, 0.1) is 18.1 Å². The lowest BCUT2D eigenvalue weighted by atomic mass is 10.1. The Morgan fingerprint density at radius 2 is 1.29 bits per heavy atom. The molecular weight excluding hydrogens is 750 g/mol. The number of halogens is 3. The maximum atomic E-state index is 13.8. The minimum absolute atomic E-state index is 0.0240. The van der Waals surface area contributed by atoms with Crippen LogP contribution in [0.15, 0.2) is 92.9 Å². The SMILES string of the molecule is CC(=NOS(=O)(=O)c1cccc(S(=O)(=O)ON=C(c2ccc(OCCSOOO)cc2)C(F)(F)F)c1)c1ccc(OCCS(=O)(=O)O)cc1. The van der Waals surface area contributed by atoms with E-state index in [1.165, 1.54) is 31.2 Å².